The highest BCUT2D eigenvalue weighted by Gasteiger charge is 2.51. The molecule has 4 heteroatoms. The highest BCUT2D eigenvalue weighted by Crippen LogP contribution is 2.48. The molecule has 2 aliphatic rings. The number of halogens is 1. The van der Waals surface area contributed by atoms with Gasteiger partial charge in [-0.1, -0.05) is 28.1 Å². The van der Waals surface area contributed by atoms with E-state index in [1.54, 1.807) is 0 Å². The summed E-state index contributed by atoms with van der Waals surface area (Å²) in [7, 11) is 0. The summed E-state index contributed by atoms with van der Waals surface area (Å²) in [5.74, 6) is -0.407. The Morgan fingerprint density at radius 2 is 1.68 bits per heavy atom. The molecule has 0 bridgehead atoms. The van der Waals surface area contributed by atoms with Crippen LogP contribution in [0.15, 0.2) is 28.7 Å². The van der Waals surface area contributed by atoms with Gasteiger partial charge in [0.05, 0.1) is 18.8 Å². The van der Waals surface area contributed by atoms with Crippen LogP contribution in [0.5, 0.6) is 0 Å². The van der Waals surface area contributed by atoms with Crippen LogP contribution in [0.2, 0.25) is 0 Å². The lowest BCUT2D eigenvalue weighted by atomic mass is 9.75. The minimum atomic E-state index is -0.430. The second-order valence-electron chi connectivity index (χ2n) is 5.23. The fraction of sp³-hybridized carbons (Fsp3) is 0.533. The third kappa shape index (κ3) is 2.20. The Morgan fingerprint density at radius 1 is 1.05 bits per heavy atom. The second-order valence-corrected chi connectivity index (χ2v) is 6.09. The minimum absolute atomic E-state index is 0.407. The van der Waals surface area contributed by atoms with E-state index in [9.17, 15) is 0 Å². The summed E-state index contributed by atoms with van der Waals surface area (Å²) in [6.07, 6.45) is 3.19. The SMILES string of the molecule is [C-]#[N+]C1(c2ccccc2Br)CCC2(CC1)OCCO2. The van der Waals surface area contributed by atoms with Gasteiger partial charge in [0, 0.05) is 30.2 Å². The molecule has 0 unspecified atom stereocenters. The fourth-order valence-electron chi connectivity index (χ4n) is 3.11. The molecule has 19 heavy (non-hydrogen) atoms. The smallest absolute Gasteiger partial charge is 0.259 e. The second kappa shape index (κ2) is 4.90. The van der Waals surface area contributed by atoms with E-state index >= 15 is 0 Å². The average Bonchev–Trinajstić information content (AvgIpc) is 2.90. The van der Waals surface area contributed by atoms with Gasteiger partial charge >= 0.3 is 0 Å². The van der Waals surface area contributed by atoms with Crippen LogP contribution in [0, 0.1) is 6.57 Å². The number of hydrogen-bond acceptors (Lipinski definition) is 2. The third-order valence-corrected chi connectivity index (χ3v) is 4.93. The Bertz CT molecular complexity index is 507. The monoisotopic (exact) mass is 321 g/mol. The van der Waals surface area contributed by atoms with E-state index in [2.05, 4.69) is 26.8 Å². The van der Waals surface area contributed by atoms with Crippen molar-refractivity contribution >= 4 is 15.9 Å². The van der Waals surface area contributed by atoms with Gasteiger partial charge < -0.3 is 14.3 Å². The lowest BCUT2D eigenvalue weighted by molar-refractivity contribution is -0.182. The van der Waals surface area contributed by atoms with E-state index < -0.39 is 11.3 Å². The van der Waals surface area contributed by atoms with Crippen LogP contribution in [0.25, 0.3) is 4.85 Å². The molecule has 1 spiro atoms. The van der Waals surface area contributed by atoms with Gasteiger partial charge in [-0.15, -0.1) is 0 Å². The zero-order chi connectivity index (χ0) is 13.3. The number of nitrogens with zero attached hydrogens (tertiary/aromatic N) is 1. The molecule has 1 saturated heterocycles. The molecule has 0 radical (unpaired) electrons. The summed E-state index contributed by atoms with van der Waals surface area (Å²) in [5, 5.41) is 0. The Kier molecular flexibility index (Phi) is 3.38. The molecule has 2 fully saturated rings. The van der Waals surface area contributed by atoms with Crippen molar-refractivity contribution in [2.24, 2.45) is 0 Å². The van der Waals surface area contributed by atoms with Gasteiger partial charge in [-0.05, 0) is 12.1 Å². The predicted octanol–water partition coefficient (Wildman–Crippen LogP) is 3.88. The Morgan fingerprint density at radius 3 is 2.26 bits per heavy atom. The molecular formula is C15H16BrNO2. The summed E-state index contributed by atoms with van der Waals surface area (Å²) in [5.41, 5.74) is 0.665. The van der Waals surface area contributed by atoms with Crippen LogP contribution in [-0.2, 0) is 15.0 Å². The average molecular weight is 322 g/mol. The molecule has 0 aromatic heterocycles. The molecule has 1 aliphatic heterocycles. The molecular weight excluding hydrogens is 306 g/mol. The largest absolute Gasteiger partial charge is 0.348 e. The van der Waals surface area contributed by atoms with Gasteiger partial charge in [-0.3, -0.25) is 0 Å². The van der Waals surface area contributed by atoms with Crippen LogP contribution in [0.3, 0.4) is 0 Å². The van der Waals surface area contributed by atoms with Gasteiger partial charge in [-0.25, -0.2) is 6.57 Å². The van der Waals surface area contributed by atoms with Crippen molar-refractivity contribution in [3.05, 3.63) is 45.7 Å². The van der Waals surface area contributed by atoms with Crippen molar-refractivity contribution in [2.75, 3.05) is 13.2 Å². The highest BCUT2D eigenvalue weighted by molar-refractivity contribution is 9.10. The molecule has 3 rings (SSSR count). The molecule has 1 aliphatic carbocycles. The molecule has 1 saturated carbocycles. The van der Waals surface area contributed by atoms with Crippen molar-refractivity contribution < 1.29 is 9.47 Å². The third-order valence-electron chi connectivity index (χ3n) is 4.24. The maximum Gasteiger partial charge on any atom is 0.259 e. The lowest BCUT2D eigenvalue weighted by Gasteiger charge is -2.37. The summed E-state index contributed by atoms with van der Waals surface area (Å²) in [6, 6.07) is 8.05. The molecule has 1 aromatic carbocycles. The predicted molar refractivity (Wildman–Crippen MR) is 75.5 cm³/mol. The van der Waals surface area contributed by atoms with Gasteiger partial charge in [-0.2, -0.15) is 0 Å². The van der Waals surface area contributed by atoms with E-state index in [4.69, 9.17) is 16.0 Å². The quantitative estimate of drug-likeness (QED) is 0.732. The molecule has 1 aromatic rings. The van der Waals surface area contributed by atoms with Crippen molar-refractivity contribution in [1.82, 2.24) is 0 Å². The summed E-state index contributed by atoms with van der Waals surface area (Å²) < 4.78 is 12.5. The number of hydrogen-bond donors (Lipinski definition) is 0. The first-order chi connectivity index (χ1) is 9.20. The number of rotatable bonds is 1. The molecule has 3 nitrogen and oxygen atoms in total. The van der Waals surface area contributed by atoms with Gasteiger partial charge in [0.15, 0.2) is 5.79 Å². The van der Waals surface area contributed by atoms with Gasteiger partial charge in [0.25, 0.3) is 5.54 Å². The molecule has 0 atom stereocenters. The van der Waals surface area contributed by atoms with Crippen LogP contribution in [-0.4, -0.2) is 19.0 Å². The fourth-order valence-corrected chi connectivity index (χ4v) is 3.76. The Hall–Kier alpha value is -0.890. The first-order valence-electron chi connectivity index (χ1n) is 6.61. The maximum atomic E-state index is 7.66. The minimum Gasteiger partial charge on any atom is -0.348 e. The van der Waals surface area contributed by atoms with Crippen molar-refractivity contribution in [1.29, 1.82) is 0 Å². The molecule has 0 amide bonds. The van der Waals surface area contributed by atoms with Crippen molar-refractivity contribution in [3.8, 4) is 0 Å². The van der Waals surface area contributed by atoms with Crippen molar-refractivity contribution in [3.63, 3.8) is 0 Å². The Labute approximate surface area is 121 Å². The first kappa shape index (κ1) is 13.1. The molecule has 100 valence electrons. The number of ether oxygens (including phenoxy) is 2. The highest BCUT2D eigenvalue weighted by atomic mass is 79.9. The summed E-state index contributed by atoms with van der Waals surface area (Å²) in [4.78, 5) is 3.97. The van der Waals surface area contributed by atoms with Crippen LogP contribution in [0.4, 0.5) is 0 Å². The zero-order valence-corrected chi connectivity index (χ0v) is 12.3. The Balaban J connectivity index is 1.87. The lowest BCUT2D eigenvalue weighted by Crippen LogP contribution is -2.40. The van der Waals surface area contributed by atoms with E-state index in [1.165, 1.54) is 0 Å². The van der Waals surface area contributed by atoms with E-state index in [0.717, 1.165) is 35.7 Å². The van der Waals surface area contributed by atoms with Crippen LogP contribution < -0.4 is 0 Å². The molecule has 1 heterocycles. The summed E-state index contributed by atoms with van der Waals surface area (Å²) >= 11 is 3.58. The van der Waals surface area contributed by atoms with E-state index in [1.807, 2.05) is 18.2 Å². The molecule has 0 N–H and O–H groups in total. The van der Waals surface area contributed by atoms with E-state index in [0.29, 0.717) is 13.2 Å². The van der Waals surface area contributed by atoms with Gasteiger partial charge in [0.1, 0.15) is 0 Å². The van der Waals surface area contributed by atoms with Crippen LogP contribution in [0.1, 0.15) is 31.2 Å². The number of benzene rings is 1. The maximum absolute atomic E-state index is 7.66. The van der Waals surface area contributed by atoms with Crippen LogP contribution >= 0.6 is 15.9 Å². The normalized spacial score (nSPS) is 24.2. The van der Waals surface area contributed by atoms with Crippen molar-refractivity contribution in [2.45, 2.75) is 37.0 Å². The first-order valence-corrected chi connectivity index (χ1v) is 7.41. The topological polar surface area (TPSA) is 22.8 Å². The van der Waals surface area contributed by atoms with E-state index in [-0.39, 0.29) is 0 Å². The van der Waals surface area contributed by atoms with Gasteiger partial charge in [0.2, 0.25) is 0 Å². The zero-order valence-electron chi connectivity index (χ0n) is 10.7. The summed E-state index contributed by atoms with van der Waals surface area (Å²) in [6.45, 7) is 9.02. The standard InChI is InChI=1S/C15H16BrNO2/c1-17-14(12-4-2-3-5-13(12)16)6-8-15(9-7-14)18-10-11-19-15/h2-5H,6-11H2.